The second-order valence-corrected chi connectivity index (χ2v) is 8.19. The van der Waals surface area contributed by atoms with Crippen LogP contribution >= 0.6 is 0 Å². The number of benzene rings is 2. The summed E-state index contributed by atoms with van der Waals surface area (Å²) < 4.78 is 6.48. The summed E-state index contributed by atoms with van der Waals surface area (Å²) >= 11 is 0. The highest BCUT2D eigenvalue weighted by Crippen LogP contribution is 2.43. The summed E-state index contributed by atoms with van der Waals surface area (Å²) in [4.78, 5) is 38.6. The minimum Gasteiger partial charge on any atom is -0.485 e. The summed E-state index contributed by atoms with van der Waals surface area (Å²) in [7, 11) is 0. The maximum absolute atomic E-state index is 12.9. The number of allylic oxidation sites excluding steroid dienone is 1. The van der Waals surface area contributed by atoms with Crippen molar-refractivity contribution in [2.45, 2.75) is 37.7 Å². The Labute approximate surface area is 175 Å². The van der Waals surface area contributed by atoms with E-state index in [9.17, 15) is 14.4 Å². The highest BCUT2D eigenvalue weighted by molar-refractivity contribution is 6.06. The van der Waals surface area contributed by atoms with Crippen LogP contribution < -0.4 is 4.74 Å². The number of Topliss-reactive ketones (excluding diaryl/α,β-unsaturated/α-hetero) is 1. The number of ether oxygens (including phenoxy) is 1. The number of rotatable bonds is 5. The van der Waals surface area contributed by atoms with Crippen LogP contribution in [0.3, 0.4) is 0 Å². The highest BCUT2D eigenvalue weighted by Gasteiger charge is 2.44. The molecule has 30 heavy (non-hydrogen) atoms. The number of hydrogen-bond donors (Lipinski definition) is 1. The molecule has 0 aliphatic carbocycles. The number of fused-ring (bicyclic) bond motifs is 3. The molecule has 2 heterocycles. The van der Waals surface area contributed by atoms with E-state index >= 15 is 0 Å². The van der Waals surface area contributed by atoms with Crippen LogP contribution in [-0.2, 0) is 9.59 Å². The van der Waals surface area contributed by atoms with Crippen molar-refractivity contribution in [3.63, 3.8) is 0 Å². The van der Waals surface area contributed by atoms with Gasteiger partial charge in [-0.15, -0.1) is 6.58 Å². The van der Waals surface area contributed by atoms with Crippen LogP contribution in [0.1, 0.15) is 42.5 Å². The molecule has 6 heteroatoms. The third-order valence-corrected chi connectivity index (χ3v) is 6.19. The fourth-order valence-electron chi connectivity index (χ4n) is 4.57. The Balaban J connectivity index is 1.53. The average Bonchev–Trinajstić information content (AvgIpc) is 2.73. The van der Waals surface area contributed by atoms with E-state index in [1.165, 1.54) is 0 Å². The number of aliphatic carboxylic acids is 1. The van der Waals surface area contributed by atoms with E-state index in [0.717, 1.165) is 10.8 Å². The summed E-state index contributed by atoms with van der Waals surface area (Å²) in [6.45, 7) is 4.52. The molecule has 156 valence electrons. The Morgan fingerprint density at radius 2 is 1.93 bits per heavy atom. The van der Waals surface area contributed by atoms with E-state index in [2.05, 4.69) is 6.58 Å². The van der Waals surface area contributed by atoms with Gasteiger partial charge in [-0.2, -0.15) is 0 Å². The van der Waals surface area contributed by atoms with Crippen molar-refractivity contribution < 1.29 is 24.2 Å². The number of amides is 1. The Morgan fingerprint density at radius 1 is 1.20 bits per heavy atom. The lowest BCUT2D eigenvalue weighted by Crippen LogP contribution is -2.53. The molecule has 1 unspecified atom stereocenters. The predicted octanol–water partition coefficient (Wildman–Crippen LogP) is 3.83. The minimum atomic E-state index is -0.992. The van der Waals surface area contributed by atoms with Crippen molar-refractivity contribution >= 4 is 28.4 Å². The van der Waals surface area contributed by atoms with Crippen LogP contribution in [0.5, 0.6) is 5.75 Å². The molecule has 2 aromatic rings. The van der Waals surface area contributed by atoms with E-state index in [0.29, 0.717) is 50.1 Å². The smallest absolute Gasteiger partial charge is 0.304 e. The van der Waals surface area contributed by atoms with Gasteiger partial charge < -0.3 is 14.7 Å². The van der Waals surface area contributed by atoms with Crippen molar-refractivity contribution in [3.8, 4) is 5.75 Å². The van der Waals surface area contributed by atoms with Crippen molar-refractivity contribution in [1.29, 1.82) is 0 Å². The van der Waals surface area contributed by atoms with Crippen molar-refractivity contribution in [2.75, 3.05) is 13.1 Å². The van der Waals surface area contributed by atoms with Gasteiger partial charge in [-0.1, -0.05) is 36.4 Å². The van der Waals surface area contributed by atoms with Crippen LogP contribution in [0.2, 0.25) is 0 Å². The van der Waals surface area contributed by atoms with Crippen LogP contribution in [0.4, 0.5) is 0 Å². The number of likely N-dealkylation sites (tertiary alicyclic amines) is 1. The van der Waals surface area contributed by atoms with E-state index in [1.54, 1.807) is 11.0 Å². The predicted molar refractivity (Wildman–Crippen MR) is 113 cm³/mol. The maximum atomic E-state index is 12.9. The number of ketones is 1. The van der Waals surface area contributed by atoms with Crippen LogP contribution in [-0.4, -0.2) is 46.4 Å². The molecule has 2 aliphatic rings. The largest absolute Gasteiger partial charge is 0.485 e. The molecule has 2 aliphatic heterocycles. The molecule has 1 atom stereocenters. The molecular weight excluding hydrogens is 382 g/mol. The zero-order valence-electron chi connectivity index (χ0n) is 16.8. The number of carbonyl (C=O) groups is 3. The Hall–Kier alpha value is -3.15. The fourth-order valence-corrected chi connectivity index (χ4v) is 4.57. The van der Waals surface area contributed by atoms with Gasteiger partial charge in [0.05, 0.1) is 24.3 Å². The lowest BCUT2D eigenvalue weighted by molar-refractivity contribution is -0.146. The number of carboxylic acids is 1. The van der Waals surface area contributed by atoms with Crippen LogP contribution in [0.25, 0.3) is 10.8 Å². The molecule has 0 radical (unpaired) electrons. The number of carbonyl (C=O) groups excluding carboxylic acids is 2. The van der Waals surface area contributed by atoms with Gasteiger partial charge in [-0.3, -0.25) is 14.4 Å². The number of nitrogens with zero attached hydrogens (tertiary/aromatic N) is 1. The summed E-state index contributed by atoms with van der Waals surface area (Å²) in [6, 6.07) is 11.6. The number of piperidine rings is 1. The van der Waals surface area contributed by atoms with Crippen LogP contribution in [0.15, 0.2) is 49.1 Å². The maximum Gasteiger partial charge on any atom is 0.304 e. The second kappa shape index (κ2) is 7.94. The first-order chi connectivity index (χ1) is 14.4. The molecule has 1 fully saturated rings. The Kier molecular flexibility index (Phi) is 5.33. The molecule has 0 saturated carbocycles. The third-order valence-electron chi connectivity index (χ3n) is 6.19. The fraction of sp³-hybridized carbons (Fsp3) is 0.375. The number of hydrogen-bond acceptors (Lipinski definition) is 4. The van der Waals surface area contributed by atoms with E-state index in [-0.39, 0.29) is 18.1 Å². The molecule has 0 aromatic heterocycles. The third kappa shape index (κ3) is 3.70. The Bertz CT molecular complexity index is 1020. The molecular formula is C24H25NO5. The standard InChI is InChI=1S/C24H25NO5/c1-2-5-17(14-21(27)28)23(29)25-12-10-24(11-13-25)15-20(26)19-9-8-16-6-3-4-7-18(16)22(19)30-24/h2-4,6-9,17H,1,5,10-15H2,(H,27,28). The lowest BCUT2D eigenvalue weighted by Gasteiger charge is -2.44. The van der Waals surface area contributed by atoms with Gasteiger partial charge in [-0.05, 0) is 17.9 Å². The van der Waals surface area contributed by atoms with Gasteiger partial charge in [0.25, 0.3) is 0 Å². The van der Waals surface area contributed by atoms with Crippen molar-refractivity contribution in [1.82, 2.24) is 4.90 Å². The van der Waals surface area contributed by atoms with Gasteiger partial charge in [0, 0.05) is 31.3 Å². The van der Waals surface area contributed by atoms with E-state index in [4.69, 9.17) is 9.84 Å². The zero-order valence-corrected chi connectivity index (χ0v) is 16.8. The first-order valence-electron chi connectivity index (χ1n) is 10.3. The quantitative estimate of drug-likeness (QED) is 0.762. The Morgan fingerprint density at radius 3 is 2.63 bits per heavy atom. The molecule has 4 rings (SSSR count). The summed E-state index contributed by atoms with van der Waals surface area (Å²) in [5, 5.41) is 11.0. The van der Waals surface area contributed by atoms with Gasteiger partial charge in [0.2, 0.25) is 5.91 Å². The first-order valence-corrected chi connectivity index (χ1v) is 10.3. The van der Waals surface area contributed by atoms with Gasteiger partial charge in [0.1, 0.15) is 11.4 Å². The minimum absolute atomic E-state index is 0.0668. The molecule has 6 nitrogen and oxygen atoms in total. The van der Waals surface area contributed by atoms with Crippen LogP contribution in [0, 0.1) is 5.92 Å². The monoisotopic (exact) mass is 407 g/mol. The molecule has 1 amide bonds. The van der Waals surface area contributed by atoms with E-state index < -0.39 is 17.5 Å². The summed E-state index contributed by atoms with van der Waals surface area (Å²) in [6.07, 6.45) is 3.09. The topological polar surface area (TPSA) is 83.9 Å². The van der Waals surface area contributed by atoms with Gasteiger partial charge >= 0.3 is 5.97 Å². The molecule has 2 aromatic carbocycles. The lowest BCUT2D eigenvalue weighted by atomic mass is 9.81. The normalized spacial score (nSPS) is 18.5. The second-order valence-electron chi connectivity index (χ2n) is 8.19. The summed E-state index contributed by atoms with van der Waals surface area (Å²) in [5.41, 5.74) is -0.00327. The highest BCUT2D eigenvalue weighted by atomic mass is 16.5. The first kappa shape index (κ1) is 20.1. The van der Waals surface area contributed by atoms with E-state index in [1.807, 2.05) is 36.4 Å². The molecule has 1 N–H and O–H groups in total. The van der Waals surface area contributed by atoms with Gasteiger partial charge in [-0.25, -0.2) is 0 Å². The van der Waals surface area contributed by atoms with Gasteiger partial charge in [0.15, 0.2) is 5.78 Å². The average molecular weight is 407 g/mol. The van der Waals surface area contributed by atoms with Crippen molar-refractivity contribution in [2.24, 2.45) is 5.92 Å². The summed E-state index contributed by atoms with van der Waals surface area (Å²) in [5.74, 6) is -1.06. The molecule has 0 bridgehead atoms. The molecule has 1 spiro atoms. The molecule has 1 saturated heterocycles. The number of carboxylic acid groups (broad SMARTS) is 1. The SMILES string of the molecule is C=CCC(CC(=O)O)C(=O)N1CCC2(CC1)CC(=O)c1ccc3ccccc3c1O2. The van der Waals surface area contributed by atoms with Crippen molar-refractivity contribution in [3.05, 3.63) is 54.6 Å². The zero-order chi connectivity index (χ0) is 21.3.